The van der Waals surface area contributed by atoms with E-state index in [9.17, 15) is 18.0 Å². The third-order valence-electron chi connectivity index (χ3n) is 11.3. The predicted molar refractivity (Wildman–Crippen MR) is 174 cm³/mol. The second-order valence-electron chi connectivity index (χ2n) is 14.3. The maximum Gasteiger partial charge on any atom is 0.303 e. The zero-order chi connectivity index (χ0) is 31.2. The first-order chi connectivity index (χ1) is 21.6. The topological polar surface area (TPSA) is 95.0 Å². The van der Waals surface area contributed by atoms with E-state index >= 15 is 0 Å². The lowest BCUT2D eigenvalue weighted by atomic mass is 9.75. The fraction of sp³-hybridized carbons (Fsp3) is 0.543. The summed E-state index contributed by atoms with van der Waals surface area (Å²) in [7, 11) is 1.02. The number of likely N-dealkylation sites (tertiary alicyclic amines) is 1. The highest BCUT2D eigenvalue weighted by atomic mass is 32.2. The highest BCUT2D eigenvalue weighted by Crippen LogP contribution is 2.55. The summed E-state index contributed by atoms with van der Waals surface area (Å²) in [5.41, 5.74) is 6.87. The van der Waals surface area contributed by atoms with Gasteiger partial charge in [0.2, 0.25) is 5.91 Å². The molecule has 238 valence electrons. The van der Waals surface area contributed by atoms with Crippen molar-refractivity contribution < 1.29 is 18.0 Å². The number of nitrogens with one attached hydrogen (secondary N) is 1. The Kier molecular flexibility index (Phi) is 6.93. The van der Waals surface area contributed by atoms with Gasteiger partial charge in [-0.15, -0.1) is 0 Å². The quantitative estimate of drug-likeness (QED) is 0.535. The van der Waals surface area contributed by atoms with Crippen molar-refractivity contribution in [1.82, 2.24) is 23.4 Å². The summed E-state index contributed by atoms with van der Waals surface area (Å²) in [4.78, 5) is 32.8. The molecular weight excluding hydrogens is 586 g/mol. The van der Waals surface area contributed by atoms with Gasteiger partial charge in [0.15, 0.2) is 0 Å². The molecule has 3 aliphatic heterocycles. The number of piperazine rings is 1. The second-order valence-corrected chi connectivity index (χ2v) is 16.1. The predicted octanol–water partition coefficient (Wildman–Crippen LogP) is 4.20. The Morgan fingerprint density at radius 2 is 1.73 bits per heavy atom. The van der Waals surface area contributed by atoms with Gasteiger partial charge in [0.1, 0.15) is 0 Å². The summed E-state index contributed by atoms with van der Waals surface area (Å²) >= 11 is 0. The molecule has 2 unspecified atom stereocenters. The van der Waals surface area contributed by atoms with Crippen molar-refractivity contribution in [2.75, 3.05) is 34.2 Å². The number of likely N-dealkylation sites (N-methyl/N-ethyl adjacent to an activating group) is 1. The van der Waals surface area contributed by atoms with Crippen LogP contribution in [0.3, 0.4) is 0 Å². The molecule has 4 heterocycles. The van der Waals surface area contributed by atoms with E-state index in [2.05, 4.69) is 62.6 Å². The molecule has 0 spiro atoms. The number of benzene rings is 1. The fourth-order valence-corrected chi connectivity index (χ4v) is 9.75. The first-order valence-corrected chi connectivity index (χ1v) is 18.1. The van der Waals surface area contributed by atoms with Crippen molar-refractivity contribution in [3.05, 3.63) is 70.0 Å². The van der Waals surface area contributed by atoms with Gasteiger partial charge in [-0.25, -0.2) is 4.72 Å². The van der Waals surface area contributed by atoms with Crippen molar-refractivity contribution >= 4 is 32.9 Å². The van der Waals surface area contributed by atoms with Crippen molar-refractivity contribution in [3.8, 4) is 0 Å². The van der Waals surface area contributed by atoms with Gasteiger partial charge in [0.25, 0.3) is 5.91 Å². The van der Waals surface area contributed by atoms with Crippen LogP contribution in [0.5, 0.6) is 0 Å². The van der Waals surface area contributed by atoms with Crippen LogP contribution in [0.4, 0.5) is 0 Å². The van der Waals surface area contributed by atoms with Gasteiger partial charge < -0.3 is 14.4 Å². The maximum atomic E-state index is 14.7. The molecule has 4 atom stereocenters. The molecule has 2 bridgehead atoms. The lowest BCUT2D eigenvalue weighted by Crippen LogP contribution is -2.56. The lowest BCUT2D eigenvalue weighted by Gasteiger charge is -2.43. The largest absolute Gasteiger partial charge is 0.339 e. The monoisotopic (exact) mass is 629 g/mol. The van der Waals surface area contributed by atoms with E-state index < -0.39 is 16.1 Å². The average Bonchev–Trinajstić information content (AvgIpc) is 3.56. The fourth-order valence-electron chi connectivity index (χ4n) is 9.23. The molecule has 8 rings (SSSR count). The number of fused-ring (bicyclic) bond motifs is 8. The maximum absolute atomic E-state index is 14.7. The summed E-state index contributed by atoms with van der Waals surface area (Å²) in [6, 6.07) is 9.40. The molecule has 3 fully saturated rings. The Bertz CT molecular complexity index is 1800. The standard InChI is InChI=1S/C35H43N5O4S/c1-37(2)45(43,44)36-34(41)32-28-20-39-29(17-22-11-7-12-25(33(22)39)21-9-5-4-6-10-21)30-26(31(28)32)13-8-14-27(30)35(42)40-23-15-16-24(40)19-38(3)18-23/h7-8,11-13,17,21,23-24,27,30H,4-6,9-10,14-16,18-20H2,1-3H3,(H,36,41)/t23?,24?,27-,30+/m1/s1. The first-order valence-electron chi connectivity index (χ1n) is 16.7. The van der Waals surface area contributed by atoms with Crippen LogP contribution in [0.15, 0.2) is 58.7 Å². The third kappa shape index (κ3) is 4.66. The van der Waals surface area contributed by atoms with Crippen LogP contribution in [-0.2, 0) is 26.3 Å². The van der Waals surface area contributed by atoms with Crippen LogP contribution in [0.2, 0.25) is 0 Å². The van der Waals surface area contributed by atoms with Crippen molar-refractivity contribution in [1.29, 1.82) is 0 Å². The molecule has 10 heteroatoms. The van der Waals surface area contributed by atoms with E-state index in [1.807, 2.05) is 0 Å². The van der Waals surface area contributed by atoms with E-state index in [4.69, 9.17) is 0 Å². The normalized spacial score (nSPS) is 28.3. The van der Waals surface area contributed by atoms with Gasteiger partial charge in [-0.3, -0.25) is 9.59 Å². The van der Waals surface area contributed by atoms with Crippen LogP contribution in [0.25, 0.3) is 10.9 Å². The Labute approximate surface area is 265 Å². The van der Waals surface area contributed by atoms with E-state index in [0.717, 1.165) is 52.6 Å². The Morgan fingerprint density at radius 3 is 2.44 bits per heavy atom. The number of allylic oxidation sites excluding steroid dienone is 4. The minimum Gasteiger partial charge on any atom is -0.339 e. The summed E-state index contributed by atoms with van der Waals surface area (Å²) in [5.74, 6) is -0.372. The number of nitrogens with zero attached hydrogens (tertiary/aromatic N) is 4. The minimum atomic E-state index is -3.95. The number of hydrogen-bond acceptors (Lipinski definition) is 5. The number of aromatic nitrogens is 1. The Morgan fingerprint density at radius 1 is 1.00 bits per heavy atom. The number of para-hydroxylation sites is 1. The van der Waals surface area contributed by atoms with E-state index in [1.54, 1.807) is 0 Å². The molecule has 1 N–H and O–H groups in total. The first kappa shape index (κ1) is 29.2. The van der Waals surface area contributed by atoms with E-state index in [1.165, 1.54) is 62.7 Å². The minimum absolute atomic E-state index is 0.212. The third-order valence-corrected chi connectivity index (χ3v) is 12.7. The lowest BCUT2D eigenvalue weighted by molar-refractivity contribution is -0.141. The highest BCUT2D eigenvalue weighted by molar-refractivity contribution is 7.87. The van der Waals surface area contributed by atoms with Gasteiger partial charge in [-0.2, -0.15) is 12.7 Å². The zero-order valence-corrected chi connectivity index (χ0v) is 27.3. The number of hydrogen-bond donors (Lipinski definition) is 1. The highest BCUT2D eigenvalue weighted by Gasteiger charge is 2.50. The van der Waals surface area contributed by atoms with Crippen LogP contribution < -0.4 is 4.72 Å². The van der Waals surface area contributed by atoms with E-state index in [0.29, 0.717) is 24.5 Å². The number of carbonyl (C=O) groups is 2. The number of rotatable bonds is 5. The molecule has 2 amide bonds. The van der Waals surface area contributed by atoms with Gasteiger partial charge in [-0.1, -0.05) is 49.6 Å². The van der Waals surface area contributed by atoms with Crippen LogP contribution >= 0.6 is 0 Å². The smallest absolute Gasteiger partial charge is 0.303 e. The molecule has 2 saturated heterocycles. The molecule has 45 heavy (non-hydrogen) atoms. The van der Waals surface area contributed by atoms with Gasteiger partial charge in [-0.05, 0) is 73.4 Å². The van der Waals surface area contributed by atoms with Crippen LogP contribution in [-0.4, -0.2) is 85.2 Å². The molecule has 6 aliphatic rings. The van der Waals surface area contributed by atoms with Gasteiger partial charge in [0.05, 0.1) is 17.0 Å². The summed E-state index contributed by atoms with van der Waals surface area (Å²) in [6.07, 6.45) is 13.0. The molecule has 1 aromatic carbocycles. The Hall–Kier alpha value is -3.21. The second kappa shape index (κ2) is 10.7. The van der Waals surface area contributed by atoms with Crippen LogP contribution in [0, 0.1) is 5.92 Å². The molecule has 1 aromatic heterocycles. The summed E-state index contributed by atoms with van der Waals surface area (Å²) in [5, 5.41) is 1.18. The number of amides is 2. The van der Waals surface area contributed by atoms with Gasteiger partial charge >= 0.3 is 10.2 Å². The average molecular weight is 630 g/mol. The van der Waals surface area contributed by atoms with Crippen molar-refractivity contribution in [2.24, 2.45) is 5.92 Å². The van der Waals surface area contributed by atoms with Crippen molar-refractivity contribution in [3.63, 3.8) is 0 Å². The van der Waals surface area contributed by atoms with Crippen LogP contribution in [0.1, 0.15) is 74.5 Å². The molecule has 2 aromatic rings. The molecule has 0 radical (unpaired) electrons. The van der Waals surface area contributed by atoms with E-state index in [-0.39, 0.29) is 29.8 Å². The van der Waals surface area contributed by atoms with Gasteiger partial charge in [0, 0.05) is 62.8 Å². The SMILES string of the molecule is CN1CC2CCC(C1)N2C(=O)[C@@H]1CC=CC2=C3C(=C3C(=O)NS(=O)(=O)N(C)C)Cn3c(cc4cccc(C5CCCCC5)c43)[C@@H]21. The Balaban J connectivity index is 1.27. The molecular formula is C35H43N5O4S. The van der Waals surface area contributed by atoms with Crippen molar-refractivity contribution in [2.45, 2.75) is 81.8 Å². The zero-order valence-electron chi connectivity index (χ0n) is 26.5. The molecule has 9 nitrogen and oxygen atoms in total. The summed E-state index contributed by atoms with van der Waals surface area (Å²) < 4.78 is 31.0. The summed E-state index contributed by atoms with van der Waals surface area (Å²) in [6.45, 7) is 2.31. The molecule has 1 saturated carbocycles. The molecule has 3 aliphatic carbocycles. The number of carbonyl (C=O) groups excluding carboxylic acids is 2.